The molecule has 1 rings (SSSR count). The molecule has 0 spiro atoms. The Balaban J connectivity index is 2.41. The van der Waals surface area contributed by atoms with Crippen LogP contribution in [-0.2, 0) is 0 Å². The zero-order chi connectivity index (χ0) is 8.97. The molecule has 1 atom stereocenters. The molecule has 1 heterocycles. The highest BCUT2D eigenvalue weighted by Gasteiger charge is 2.23. The van der Waals surface area contributed by atoms with Gasteiger partial charge in [-0.3, -0.25) is 0 Å². The third kappa shape index (κ3) is 2.68. The molecule has 0 bridgehead atoms. The van der Waals surface area contributed by atoms with Gasteiger partial charge in [0.05, 0.1) is 0 Å². The van der Waals surface area contributed by atoms with Crippen molar-refractivity contribution in [3.63, 3.8) is 0 Å². The zero-order valence-corrected chi connectivity index (χ0v) is 8.14. The Morgan fingerprint density at radius 1 is 1.67 bits per heavy atom. The standard InChI is InChI=1S/C8H15NO2S/c1-2-7-5-3-4-6-9(7)12-8(10)11/h7H,2-6H2,1H3,(H,10,11). The molecule has 0 aromatic carbocycles. The van der Waals surface area contributed by atoms with Crippen LogP contribution in [0.1, 0.15) is 32.6 Å². The van der Waals surface area contributed by atoms with E-state index >= 15 is 0 Å². The van der Waals surface area contributed by atoms with Crippen molar-refractivity contribution < 1.29 is 9.90 Å². The molecule has 0 amide bonds. The van der Waals surface area contributed by atoms with Crippen LogP contribution in [0.3, 0.4) is 0 Å². The van der Waals surface area contributed by atoms with Gasteiger partial charge >= 0.3 is 5.30 Å². The number of hydrogen-bond donors (Lipinski definition) is 1. The Kier molecular flexibility index (Phi) is 3.88. The quantitative estimate of drug-likeness (QED) is 0.678. The average molecular weight is 189 g/mol. The Morgan fingerprint density at radius 2 is 2.42 bits per heavy atom. The van der Waals surface area contributed by atoms with Crippen molar-refractivity contribution in [1.29, 1.82) is 0 Å². The van der Waals surface area contributed by atoms with E-state index in [-0.39, 0.29) is 0 Å². The highest BCUT2D eigenvalue weighted by molar-refractivity contribution is 8.11. The van der Waals surface area contributed by atoms with Crippen LogP contribution in [0, 0.1) is 0 Å². The minimum Gasteiger partial charge on any atom is -0.472 e. The summed E-state index contributed by atoms with van der Waals surface area (Å²) < 4.78 is 2.01. The lowest BCUT2D eigenvalue weighted by molar-refractivity contribution is 0.217. The molecule has 70 valence electrons. The van der Waals surface area contributed by atoms with E-state index in [4.69, 9.17) is 5.11 Å². The Labute approximate surface area is 77.3 Å². The largest absolute Gasteiger partial charge is 0.472 e. The maximum absolute atomic E-state index is 10.5. The summed E-state index contributed by atoms with van der Waals surface area (Å²) in [7, 11) is 0. The lowest BCUT2D eigenvalue weighted by atomic mass is 10.0. The van der Waals surface area contributed by atoms with E-state index in [2.05, 4.69) is 6.92 Å². The number of hydrogen-bond acceptors (Lipinski definition) is 3. The van der Waals surface area contributed by atoms with Gasteiger partial charge in [0, 0.05) is 24.5 Å². The van der Waals surface area contributed by atoms with E-state index in [0.29, 0.717) is 6.04 Å². The Morgan fingerprint density at radius 3 is 3.00 bits per heavy atom. The maximum atomic E-state index is 10.5. The predicted molar refractivity (Wildman–Crippen MR) is 50.3 cm³/mol. The molecular weight excluding hydrogens is 174 g/mol. The van der Waals surface area contributed by atoms with Crippen molar-refractivity contribution in [2.75, 3.05) is 6.54 Å². The monoisotopic (exact) mass is 189 g/mol. The van der Waals surface area contributed by atoms with Gasteiger partial charge in [-0.15, -0.1) is 0 Å². The molecule has 0 aromatic heterocycles. The fraction of sp³-hybridized carbons (Fsp3) is 0.875. The first-order chi connectivity index (χ1) is 5.74. The molecule has 1 saturated heterocycles. The molecule has 0 radical (unpaired) electrons. The molecule has 0 saturated carbocycles. The second kappa shape index (κ2) is 4.72. The van der Waals surface area contributed by atoms with Gasteiger partial charge in [-0.05, 0) is 19.3 Å². The third-order valence-electron chi connectivity index (χ3n) is 2.24. The van der Waals surface area contributed by atoms with Crippen LogP contribution >= 0.6 is 11.9 Å². The normalized spacial score (nSPS) is 25.6. The lowest BCUT2D eigenvalue weighted by Crippen LogP contribution is -2.34. The van der Waals surface area contributed by atoms with Gasteiger partial charge in [0.1, 0.15) is 0 Å². The maximum Gasteiger partial charge on any atom is 0.380 e. The fourth-order valence-corrected chi connectivity index (χ4v) is 2.43. The predicted octanol–water partition coefficient (Wildman–Crippen LogP) is 2.58. The van der Waals surface area contributed by atoms with Crippen LogP contribution in [0.15, 0.2) is 0 Å². The average Bonchev–Trinajstić information content (AvgIpc) is 2.04. The van der Waals surface area contributed by atoms with Gasteiger partial charge in [-0.1, -0.05) is 13.3 Å². The van der Waals surface area contributed by atoms with Crippen LogP contribution < -0.4 is 0 Å². The highest BCUT2D eigenvalue weighted by Crippen LogP contribution is 2.26. The van der Waals surface area contributed by atoms with E-state index in [0.717, 1.165) is 37.8 Å². The number of rotatable bonds is 2. The molecular formula is C8H15NO2S. The topological polar surface area (TPSA) is 40.5 Å². The number of piperidine rings is 1. The second-order valence-corrected chi connectivity index (χ2v) is 4.06. The summed E-state index contributed by atoms with van der Waals surface area (Å²) >= 11 is 0.958. The van der Waals surface area contributed by atoms with Crippen LogP contribution in [0.25, 0.3) is 0 Å². The molecule has 3 nitrogen and oxygen atoms in total. The van der Waals surface area contributed by atoms with Crippen LogP contribution in [0.4, 0.5) is 4.79 Å². The van der Waals surface area contributed by atoms with E-state index in [1.54, 1.807) is 0 Å². The van der Waals surface area contributed by atoms with E-state index < -0.39 is 5.30 Å². The van der Waals surface area contributed by atoms with E-state index in [1.165, 1.54) is 6.42 Å². The summed E-state index contributed by atoms with van der Waals surface area (Å²) in [4.78, 5) is 10.5. The first-order valence-corrected chi connectivity index (χ1v) is 5.19. The first kappa shape index (κ1) is 9.86. The van der Waals surface area contributed by atoms with Crippen LogP contribution in [0.5, 0.6) is 0 Å². The minimum atomic E-state index is -0.782. The van der Waals surface area contributed by atoms with Crippen LogP contribution in [0.2, 0.25) is 0 Å². The summed E-state index contributed by atoms with van der Waals surface area (Å²) in [5.74, 6) is 0. The molecule has 1 unspecified atom stereocenters. The van der Waals surface area contributed by atoms with Crippen molar-refractivity contribution in [2.24, 2.45) is 0 Å². The zero-order valence-electron chi connectivity index (χ0n) is 7.32. The molecule has 0 aromatic rings. The molecule has 12 heavy (non-hydrogen) atoms. The SMILES string of the molecule is CCC1CCCCN1SC(=O)O. The molecule has 1 aliphatic heterocycles. The van der Waals surface area contributed by atoms with E-state index in [9.17, 15) is 4.79 Å². The van der Waals surface area contributed by atoms with Crippen molar-refractivity contribution in [3.05, 3.63) is 0 Å². The first-order valence-electron chi connectivity index (χ1n) is 4.41. The molecule has 1 aliphatic rings. The smallest absolute Gasteiger partial charge is 0.380 e. The molecule has 0 aliphatic carbocycles. The summed E-state index contributed by atoms with van der Waals surface area (Å²) in [6.07, 6.45) is 4.59. The molecule has 4 heteroatoms. The van der Waals surface area contributed by atoms with Crippen LogP contribution in [-0.4, -0.2) is 27.3 Å². The van der Waals surface area contributed by atoms with Crippen molar-refractivity contribution in [1.82, 2.24) is 4.31 Å². The number of carboxylic acid groups (broad SMARTS) is 1. The third-order valence-corrected chi connectivity index (χ3v) is 3.11. The summed E-state index contributed by atoms with van der Waals surface area (Å²) in [6, 6.07) is 0.472. The van der Waals surface area contributed by atoms with Gasteiger partial charge in [-0.2, -0.15) is 0 Å². The van der Waals surface area contributed by atoms with Crippen molar-refractivity contribution in [2.45, 2.75) is 38.6 Å². The minimum absolute atomic E-state index is 0.472. The van der Waals surface area contributed by atoms with Gasteiger partial charge in [0.15, 0.2) is 0 Å². The van der Waals surface area contributed by atoms with E-state index in [1.807, 2.05) is 4.31 Å². The number of carbonyl (C=O) groups is 1. The van der Waals surface area contributed by atoms with Gasteiger partial charge in [-0.25, -0.2) is 9.10 Å². The number of nitrogens with zero attached hydrogens (tertiary/aromatic N) is 1. The highest BCUT2D eigenvalue weighted by atomic mass is 32.2. The Bertz CT molecular complexity index is 163. The fourth-order valence-electron chi connectivity index (χ4n) is 1.60. The van der Waals surface area contributed by atoms with Gasteiger partial charge in [0.25, 0.3) is 0 Å². The van der Waals surface area contributed by atoms with Gasteiger partial charge < -0.3 is 5.11 Å². The molecule has 1 fully saturated rings. The summed E-state index contributed by atoms with van der Waals surface area (Å²) in [5, 5.41) is 7.82. The molecule has 1 N–H and O–H groups in total. The Hall–Kier alpha value is -0.220. The summed E-state index contributed by atoms with van der Waals surface area (Å²) in [6.45, 7) is 3.04. The lowest BCUT2D eigenvalue weighted by Gasteiger charge is -2.32. The van der Waals surface area contributed by atoms with Crippen molar-refractivity contribution >= 4 is 17.2 Å². The summed E-state index contributed by atoms with van der Waals surface area (Å²) in [5.41, 5.74) is 0. The second-order valence-electron chi connectivity index (χ2n) is 3.06. The van der Waals surface area contributed by atoms with Gasteiger partial charge in [0.2, 0.25) is 0 Å². The van der Waals surface area contributed by atoms with Crippen molar-refractivity contribution in [3.8, 4) is 0 Å².